The molecule has 0 aromatic carbocycles. The van der Waals surface area contributed by atoms with Gasteiger partial charge in [-0.2, -0.15) is 0 Å². The van der Waals surface area contributed by atoms with Crippen LogP contribution in [0.25, 0.3) is 0 Å². The highest BCUT2D eigenvalue weighted by Gasteiger charge is 2.74. The van der Waals surface area contributed by atoms with E-state index in [0.29, 0.717) is 12.8 Å². The van der Waals surface area contributed by atoms with Crippen molar-refractivity contribution in [2.75, 3.05) is 19.8 Å². The molecule has 57 heavy (non-hydrogen) atoms. The van der Waals surface area contributed by atoms with Crippen molar-refractivity contribution in [3.05, 3.63) is 0 Å². The van der Waals surface area contributed by atoms with E-state index in [1.54, 1.807) is 0 Å². The van der Waals surface area contributed by atoms with Gasteiger partial charge in [0.2, 0.25) is 11.4 Å². The highest BCUT2D eigenvalue weighted by molar-refractivity contribution is 5.99. The topological polar surface area (TPSA) is 224 Å². The molecular formula is C44H82O13. The molecule has 0 aromatic heterocycles. The number of carbonyl (C=O) groups is 2. The van der Waals surface area contributed by atoms with Gasteiger partial charge in [0.1, 0.15) is 43.2 Å². The van der Waals surface area contributed by atoms with Gasteiger partial charge in [0.25, 0.3) is 5.79 Å². The molecule has 0 spiro atoms. The van der Waals surface area contributed by atoms with Crippen LogP contribution in [0.15, 0.2) is 0 Å². The monoisotopic (exact) mass is 819 g/mol. The number of ketones is 2. The fourth-order valence-electron chi connectivity index (χ4n) is 8.41. The van der Waals surface area contributed by atoms with Crippen LogP contribution in [0.1, 0.15) is 194 Å². The number of aliphatic hydroxyl groups is 8. The Morgan fingerprint density at radius 1 is 0.491 bits per heavy atom. The molecule has 2 aliphatic rings. The maximum Gasteiger partial charge on any atom is 0.271 e. The van der Waals surface area contributed by atoms with E-state index in [1.807, 2.05) is 0 Å². The van der Waals surface area contributed by atoms with E-state index in [-0.39, 0.29) is 25.7 Å². The van der Waals surface area contributed by atoms with E-state index in [1.165, 1.54) is 89.9 Å². The highest BCUT2D eigenvalue weighted by atomic mass is 16.8. The molecule has 0 amide bonds. The molecule has 2 heterocycles. The van der Waals surface area contributed by atoms with Crippen LogP contribution in [0.4, 0.5) is 0 Å². The quantitative estimate of drug-likeness (QED) is 0.0374. The molecule has 0 bridgehead atoms. The van der Waals surface area contributed by atoms with Crippen LogP contribution in [0.5, 0.6) is 0 Å². The summed E-state index contributed by atoms with van der Waals surface area (Å²) in [6, 6.07) is 0. The van der Waals surface area contributed by atoms with Crippen molar-refractivity contribution in [1.29, 1.82) is 0 Å². The maximum absolute atomic E-state index is 14.5. The molecule has 0 saturated carbocycles. The van der Waals surface area contributed by atoms with Crippen molar-refractivity contribution in [2.45, 2.75) is 247 Å². The first kappa shape index (κ1) is 52.0. The van der Waals surface area contributed by atoms with Gasteiger partial charge in [0.15, 0.2) is 11.6 Å². The summed E-state index contributed by atoms with van der Waals surface area (Å²) in [6.07, 6.45) is 14.9. The van der Waals surface area contributed by atoms with Crippen molar-refractivity contribution in [1.82, 2.24) is 0 Å². The minimum Gasteiger partial charge on any atom is -0.394 e. The molecule has 8 N–H and O–H groups in total. The lowest BCUT2D eigenvalue weighted by molar-refractivity contribution is -0.431. The summed E-state index contributed by atoms with van der Waals surface area (Å²) in [5, 5.41) is 87.0. The first-order valence-electron chi connectivity index (χ1n) is 22.9. The van der Waals surface area contributed by atoms with Crippen LogP contribution in [0, 0.1) is 0 Å². The minimum absolute atomic E-state index is 0.272. The summed E-state index contributed by atoms with van der Waals surface area (Å²) in [6.45, 7) is 1.40. The van der Waals surface area contributed by atoms with Gasteiger partial charge >= 0.3 is 0 Å². The molecule has 13 nitrogen and oxygen atoms in total. The second-order valence-electron chi connectivity index (χ2n) is 16.8. The van der Waals surface area contributed by atoms with Gasteiger partial charge in [-0.1, -0.05) is 168 Å². The average Bonchev–Trinajstić information content (AvgIpc) is 3.45. The van der Waals surface area contributed by atoms with Crippen molar-refractivity contribution in [3.63, 3.8) is 0 Å². The summed E-state index contributed by atoms with van der Waals surface area (Å²) in [4.78, 5) is 28.6. The average molecular weight is 819 g/mol. The SMILES string of the molecule is CCCCCCCCCCCCCCCC(=O)[C@@]1(OC2(CO)O[C@H](CO)[C@@H](O)[C@@H]2O)O[C@H](CO)[C@@H](O)[C@H](O)[C@]1(O)C(=O)CCCCCCCCCCCCCCC. The lowest BCUT2D eigenvalue weighted by Gasteiger charge is -2.55. The number of rotatable bonds is 35. The van der Waals surface area contributed by atoms with Gasteiger partial charge in [-0.05, 0) is 12.8 Å². The molecule has 1 unspecified atom stereocenters. The first-order chi connectivity index (χ1) is 27.5. The normalized spacial score (nSPS) is 30.3. The Morgan fingerprint density at radius 3 is 1.18 bits per heavy atom. The molecule has 2 aliphatic heterocycles. The largest absolute Gasteiger partial charge is 0.394 e. The zero-order valence-electron chi connectivity index (χ0n) is 35.5. The van der Waals surface area contributed by atoms with Gasteiger partial charge in [-0.15, -0.1) is 0 Å². The third-order valence-corrected chi connectivity index (χ3v) is 12.2. The van der Waals surface area contributed by atoms with Crippen LogP contribution in [-0.2, 0) is 23.8 Å². The molecule has 336 valence electrons. The van der Waals surface area contributed by atoms with Gasteiger partial charge in [0, 0.05) is 12.8 Å². The zero-order valence-corrected chi connectivity index (χ0v) is 35.5. The number of unbranched alkanes of at least 4 members (excludes halogenated alkanes) is 24. The summed E-state index contributed by atoms with van der Waals surface area (Å²) < 4.78 is 17.5. The van der Waals surface area contributed by atoms with Crippen molar-refractivity contribution in [2.24, 2.45) is 0 Å². The number of hydrogen-bond acceptors (Lipinski definition) is 13. The van der Waals surface area contributed by atoms with Gasteiger partial charge in [-0.25, -0.2) is 0 Å². The van der Waals surface area contributed by atoms with Crippen molar-refractivity contribution < 1.29 is 64.7 Å². The van der Waals surface area contributed by atoms with Crippen molar-refractivity contribution in [3.8, 4) is 0 Å². The first-order valence-corrected chi connectivity index (χ1v) is 22.9. The Balaban J connectivity index is 2.16. The molecule has 2 rings (SSSR count). The van der Waals surface area contributed by atoms with E-state index >= 15 is 0 Å². The van der Waals surface area contributed by atoms with E-state index in [4.69, 9.17) is 14.2 Å². The molecule has 9 atom stereocenters. The van der Waals surface area contributed by atoms with Gasteiger partial charge < -0.3 is 55.1 Å². The molecule has 0 radical (unpaired) electrons. The fourth-order valence-corrected chi connectivity index (χ4v) is 8.41. The second kappa shape index (κ2) is 28.4. The Kier molecular flexibility index (Phi) is 26.0. The standard InChI is InChI=1S/C44H82O13/c1-3-5-7-9-11-13-15-17-19-21-23-25-27-29-36(48)43(54)41(53)39(51)35(32-46)56-44(43,57-42(33-47)40(52)38(50)34(31-45)55-42)37(49)30-28-26-24-22-20-18-16-14-12-10-8-6-4-2/h34-35,38-41,45-47,50-54H,3-33H2,1-2H3/t34-,35-,38-,39-,40+,41+,42?,43-,44+/m1/s1. The summed E-state index contributed by atoms with van der Waals surface area (Å²) in [7, 11) is 0. The molecular weight excluding hydrogens is 736 g/mol. The Labute approximate surface area is 342 Å². The van der Waals surface area contributed by atoms with Crippen LogP contribution in [0.3, 0.4) is 0 Å². The Bertz CT molecular complexity index is 1080. The highest BCUT2D eigenvalue weighted by Crippen LogP contribution is 2.47. The third-order valence-electron chi connectivity index (χ3n) is 12.2. The number of aliphatic hydroxyl groups excluding tert-OH is 7. The van der Waals surface area contributed by atoms with Crippen LogP contribution >= 0.6 is 0 Å². The van der Waals surface area contributed by atoms with Crippen LogP contribution < -0.4 is 0 Å². The molecule has 2 fully saturated rings. The molecule has 0 aliphatic carbocycles. The summed E-state index contributed by atoms with van der Waals surface area (Å²) >= 11 is 0. The number of Topliss-reactive ketones (excluding diaryl/α,β-unsaturated/α-hetero) is 2. The van der Waals surface area contributed by atoms with Crippen molar-refractivity contribution >= 4 is 11.6 Å². The Morgan fingerprint density at radius 2 is 0.825 bits per heavy atom. The number of hydrogen-bond donors (Lipinski definition) is 8. The van der Waals surface area contributed by atoms with Gasteiger partial charge in [0.05, 0.1) is 13.2 Å². The lowest BCUT2D eigenvalue weighted by atomic mass is 9.72. The fraction of sp³-hybridized carbons (Fsp3) is 0.955. The summed E-state index contributed by atoms with van der Waals surface area (Å²) in [5.74, 6) is -8.03. The summed E-state index contributed by atoms with van der Waals surface area (Å²) in [5.41, 5.74) is -3.28. The van der Waals surface area contributed by atoms with E-state index < -0.39 is 85.2 Å². The zero-order chi connectivity index (χ0) is 42.2. The second-order valence-corrected chi connectivity index (χ2v) is 16.8. The van der Waals surface area contributed by atoms with Crippen LogP contribution in [0.2, 0.25) is 0 Å². The number of carbonyl (C=O) groups excluding carboxylic acids is 2. The predicted molar refractivity (Wildman–Crippen MR) is 217 cm³/mol. The lowest BCUT2D eigenvalue weighted by Crippen LogP contribution is -2.81. The Hall–Kier alpha value is -1.10. The third kappa shape index (κ3) is 15.1. The van der Waals surface area contributed by atoms with Crippen LogP contribution in [-0.4, -0.2) is 126 Å². The minimum atomic E-state index is -3.28. The predicted octanol–water partition coefficient (Wildman–Crippen LogP) is 5.45. The maximum atomic E-state index is 14.5. The van der Waals surface area contributed by atoms with E-state index in [2.05, 4.69) is 13.8 Å². The molecule has 2 saturated heterocycles. The molecule has 13 heteroatoms. The number of ether oxygens (including phenoxy) is 3. The smallest absolute Gasteiger partial charge is 0.271 e. The molecule has 0 aromatic rings. The van der Waals surface area contributed by atoms with Gasteiger partial charge in [-0.3, -0.25) is 9.59 Å². The van der Waals surface area contributed by atoms with E-state index in [0.717, 1.165) is 51.4 Å². The van der Waals surface area contributed by atoms with E-state index in [9.17, 15) is 50.4 Å².